The molecule has 1 heterocycles. The van der Waals surface area contributed by atoms with Crippen LogP contribution in [0.1, 0.15) is 15.9 Å². The fourth-order valence-electron chi connectivity index (χ4n) is 2.43. The predicted octanol–water partition coefficient (Wildman–Crippen LogP) is 0.455. The van der Waals surface area contributed by atoms with Crippen molar-refractivity contribution in [1.82, 2.24) is 15.5 Å². The summed E-state index contributed by atoms with van der Waals surface area (Å²) in [5, 5.41) is 6.15. The Morgan fingerprint density at radius 2 is 1.96 bits per heavy atom. The molecule has 0 aromatic heterocycles. The predicted molar refractivity (Wildman–Crippen MR) is 93.2 cm³/mol. The standard InChI is InChI=1S/C15H23N3O3S.ClH/c1-12-3-4-13(22(2,20)21)11-14(12)15(19)17-7-10-18-8-5-16-6-9-18;/h3-4,11,16H,5-10H2,1-2H3,(H,17,19);1H. The fourth-order valence-corrected chi connectivity index (χ4v) is 3.08. The molecule has 1 amide bonds. The highest BCUT2D eigenvalue weighted by Gasteiger charge is 2.15. The summed E-state index contributed by atoms with van der Waals surface area (Å²) in [5.74, 6) is -0.224. The van der Waals surface area contributed by atoms with Crippen molar-refractivity contribution >= 4 is 28.2 Å². The Balaban J connectivity index is 0.00000264. The van der Waals surface area contributed by atoms with E-state index in [1.807, 2.05) is 0 Å². The number of nitrogens with one attached hydrogen (secondary N) is 2. The number of halogens is 1. The minimum absolute atomic E-state index is 0. The van der Waals surface area contributed by atoms with E-state index in [1.165, 1.54) is 12.1 Å². The number of hydrogen-bond acceptors (Lipinski definition) is 5. The third-order valence-corrected chi connectivity index (χ3v) is 4.92. The zero-order chi connectivity index (χ0) is 16.2. The largest absolute Gasteiger partial charge is 0.351 e. The number of piperazine rings is 1. The molecule has 2 N–H and O–H groups in total. The first-order chi connectivity index (χ1) is 10.4. The van der Waals surface area contributed by atoms with Crippen molar-refractivity contribution in [2.24, 2.45) is 0 Å². The lowest BCUT2D eigenvalue weighted by Gasteiger charge is -2.27. The van der Waals surface area contributed by atoms with Gasteiger partial charge in [0.15, 0.2) is 9.84 Å². The Morgan fingerprint density at radius 1 is 1.30 bits per heavy atom. The molecule has 1 fully saturated rings. The number of rotatable bonds is 5. The second kappa shape index (κ2) is 8.63. The molecule has 8 heteroatoms. The molecule has 1 aromatic rings. The third kappa shape index (κ3) is 5.76. The first-order valence-electron chi connectivity index (χ1n) is 7.40. The van der Waals surface area contributed by atoms with E-state index in [1.54, 1.807) is 13.0 Å². The molecule has 0 aliphatic carbocycles. The molecule has 1 saturated heterocycles. The van der Waals surface area contributed by atoms with Crippen molar-refractivity contribution in [1.29, 1.82) is 0 Å². The van der Waals surface area contributed by atoms with E-state index in [0.717, 1.165) is 44.5 Å². The highest BCUT2D eigenvalue weighted by molar-refractivity contribution is 7.90. The number of carbonyl (C=O) groups is 1. The monoisotopic (exact) mass is 361 g/mol. The van der Waals surface area contributed by atoms with Gasteiger partial charge in [0.1, 0.15) is 0 Å². The van der Waals surface area contributed by atoms with E-state index >= 15 is 0 Å². The second-order valence-corrected chi connectivity index (χ2v) is 7.61. The molecule has 130 valence electrons. The SMILES string of the molecule is Cc1ccc(S(C)(=O)=O)cc1C(=O)NCCN1CCNCC1.Cl. The summed E-state index contributed by atoms with van der Waals surface area (Å²) in [4.78, 5) is 14.7. The number of aryl methyl sites for hydroxylation is 1. The number of amides is 1. The molecule has 0 spiro atoms. The minimum Gasteiger partial charge on any atom is -0.351 e. The van der Waals surface area contributed by atoms with Gasteiger partial charge in [0, 0.05) is 51.1 Å². The maximum absolute atomic E-state index is 12.2. The van der Waals surface area contributed by atoms with Gasteiger partial charge in [-0.3, -0.25) is 9.69 Å². The molecule has 23 heavy (non-hydrogen) atoms. The van der Waals surface area contributed by atoms with E-state index in [-0.39, 0.29) is 23.2 Å². The molecule has 0 saturated carbocycles. The van der Waals surface area contributed by atoms with E-state index in [0.29, 0.717) is 12.1 Å². The molecule has 0 atom stereocenters. The van der Waals surface area contributed by atoms with Crippen molar-refractivity contribution in [3.05, 3.63) is 29.3 Å². The normalized spacial score (nSPS) is 15.7. The van der Waals surface area contributed by atoms with Crippen LogP contribution in [0, 0.1) is 6.92 Å². The summed E-state index contributed by atoms with van der Waals surface area (Å²) in [6.07, 6.45) is 1.14. The average Bonchev–Trinajstić information content (AvgIpc) is 2.47. The number of sulfone groups is 1. The summed E-state index contributed by atoms with van der Waals surface area (Å²) in [5.41, 5.74) is 1.19. The zero-order valence-corrected chi connectivity index (χ0v) is 15.1. The minimum atomic E-state index is -3.31. The molecule has 1 aromatic carbocycles. The van der Waals surface area contributed by atoms with E-state index in [9.17, 15) is 13.2 Å². The van der Waals surface area contributed by atoms with E-state index in [4.69, 9.17) is 0 Å². The Morgan fingerprint density at radius 3 is 2.57 bits per heavy atom. The highest BCUT2D eigenvalue weighted by Crippen LogP contribution is 2.15. The van der Waals surface area contributed by atoms with Crippen molar-refractivity contribution in [2.75, 3.05) is 45.5 Å². The van der Waals surface area contributed by atoms with Gasteiger partial charge in [-0.25, -0.2) is 8.42 Å². The first-order valence-corrected chi connectivity index (χ1v) is 9.29. The quantitative estimate of drug-likeness (QED) is 0.796. The van der Waals surface area contributed by atoms with Crippen LogP contribution in [-0.2, 0) is 9.84 Å². The van der Waals surface area contributed by atoms with Crippen LogP contribution in [0.4, 0.5) is 0 Å². The van der Waals surface area contributed by atoms with Gasteiger partial charge in [-0.05, 0) is 24.6 Å². The number of carbonyl (C=O) groups excluding carboxylic acids is 1. The lowest BCUT2D eigenvalue weighted by molar-refractivity contribution is 0.0946. The van der Waals surface area contributed by atoms with Gasteiger partial charge in [-0.15, -0.1) is 12.4 Å². The Kier molecular flexibility index (Phi) is 7.47. The van der Waals surface area contributed by atoms with Gasteiger partial charge in [-0.1, -0.05) is 6.07 Å². The molecule has 2 rings (SSSR count). The van der Waals surface area contributed by atoms with Crippen LogP contribution in [0.5, 0.6) is 0 Å². The van der Waals surface area contributed by atoms with Gasteiger partial charge in [0.2, 0.25) is 0 Å². The van der Waals surface area contributed by atoms with Gasteiger partial charge < -0.3 is 10.6 Å². The second-order valence-electron chi connectivity index (χ2n) is 5.60. The van der Waals surface area contributed by atoms with E-state index in [2.05, 4.69) is 15.5 Å². The molecular formula is C15H24ClN3O3S. The molecule has 1 aliphatic rings. The molecule has 6 nitrogen and oxygen atoms in total. The summed E-state index contributed by atoms with van der Waals surface area (Å²) < 4.78 is 23.2. The Bertz CT molecular complexity index is 643. The summed E-state index contributed by atoms with van der Waals surface area (Å²) in [6.45, 7) is 7.08. The fraction of sp³-hybridized carbons (Fsp3) is 0.533. The van der Waals surface area contributed by atoms with Crippen LogP contribution in [0.3, 0.4) is 0 Å². The molecular weight excluding hydrogens is 338 g/mol. The smallest absolute Gasteiger partial charge is 0.251 e. The van der Waals surface area contributed by atoms with Crippen LogP contribution < -0.4 is 10.6 Å². The van der Waals surface area contributed by atoms with Crippen LogP contribution in [0.2, 0.25) is 0 Å². The molecule has 0 bridgehead atoms. The van der Waals surface area contributed by atoms with Gasteiger partial charge in [-0.2, -0.15) is 0 Å². The maximum Gasteiger partial charge on any atom is 0.251 e. The summed E-state index contributed by atoms with van der Waals surface area (Å²) in [6, 6.07) is 4.65. The third-order valence-electron chi connectivity index (χ3n) is 3.81. The lowest BCUT2D eigenvalue weighted by Crippen LogP contribution is -2.46. The van der Waals surface area contributed by atoms with Gasteiger partial charge >= 0.3 is 0 Å². The van der Waals surface area contributed by atoms with Crippen LogP contribution >= 0.6 is 12.4 Å². The van der Waals surface area contributed by atoms with Gasteiger partial charge in [0.25, 0.3) is 5.91 Å². The number of benzene rings is 1. The Labute approximate surface area is 144 Å². The van der Waals surface area contributed by atoms with Crippen LogP contribution in [0.25, 0.3) is 0 Å². The van der Waals surface area contributed by atoms with Crippen molar-refractivity contribution in [2.45, 2.75) is 11.8 Å². The highest BCUT2D eigenvalue weighted by atomic mass is 35.5. The van der Waals surface area contributed by atoms with Crippen molar-refractivity contribution in [3.63, 3.8) is 0 Å². The molecule has 0 unspecified atom stereocenters. The lowest BCUT2D eigenvalue weighted by atomic mass is 10.1. The Hall–Kier alpha value is -1.15. The molecule has 0 radical (unpaired) electrons. The first kappa shape index (κ1) is 19.9. The topological polar surface area (TPSA) is 78.5 Å². The average molecular weight is 362 g/mol. The summed E-state index contributed by atoms with van der Waals surface area (Å²) >= 11 is 0. The zero-order valence-electron chi connectivity index (χ0n) is 13.5. The van der Waals surface area contributed by atoms with Crippen LogP contribution in [-0.4, -0.2) is 64.7 Å². The van der Waals surface area contributed by atoms with E-state index < -0.39 is 9.84 Å². The van der Waals surface area contributed by atoms with Gasteiger partial charge in [0.05, 0.1) is 4.90 Å². The van der Waals surface area contributed by atoms with Crippen molar-refractivity contribution in [3.8, 4) is 0 Å². The summed E-state index contributed by atoms with van der Waals surface area (Å²) in [7, 11) is -3.31. The maximum atomic E-state index is 12.2. The van der Waals surface area contributed by atoms with Crippen LogP contribution in [0.15, 0.2) is 23.1 Å². The number of nitrogens with zero attached hydrogens (tertiary/aromatic N) is 1. The van der Waals surface area contributed by atoms with Crippen molar-refractivity contribution < 1.29 is 13.2 Å². The number of hydrogen-bond donors (Lipinski definition) is 2. The molecule has 1 aliphatic heterocycles.